The molecular formula is C9H10N4O. The van der Waals surface area contributed by atoms with Crippen molar-refractivity contribution in [2.75, 3.05) is 7.05 Å². The van der Waals surface area contributed by atoms with Gasteiger partial charge in [-0.3, -0.25) is 9.78 Å². The number of aromatic nitrogens is 3. The zero-order valence-corrected chi connectivity index (χ0v) is 7.74. The monoisotopic (exact) mass is 190 g/mol. The van der Waals surface area contributed by atoms with Crippen molar-refractivity contribution < 1.29 is 0 Å². The van der Waals surface area contributed by atoms with Crippen LogP contribution >= 0.6 is 0 Å². The van der Waals surface area contributed by atoms with E-state index >= 15 is 0 Å². The molecule has 5 nitrogen and oxygen atoms in total. The predicted octanol–water partition coefficient (Wildman–Crippen LogP) is 0.0375. The van der Waals surface area contributed by atoms with Crippen molar-refractivity contribution in [1.82, 2.24) is 20.3 Å². The Morgan fingerprint density at radius 1 is 1.50 bits per heavy atom. The Balaban J connectivity index is 2.75. The molecule has 2 aromatic heterocycles. The minimum absolute atomic E-state index is 0.130. The van der Waals surface area contributed by atoms with E-state index in [0.29, 0.717) is 17.4 Å². The smallest absolute Gasteiger partial charge is 0.258 e. The molecule has 0 aromatic carbocycles. The Bertz CT molecular complexity index is 505. The second-order valence-corrected chi connectivity index (χ2v) is 2.92. The van der Waals surface area contributed by atoms with E-state index in [1.54, 1.807) is 12.3 Å². The first kappa shape index (κ1) is 8.83. The number of nitrogens with one attached hydrogen (secondary N) is 2. The van der Waals surface area contributed by atoms with Gasteiger partial charge in [0.1, 0.15) is 5.52 Å². The molecule has 0 unspecified atom stereocenters. The van der Waals surface area contributed by atoms with Crippen molar-refractivity contribution in [3.05, 3.63) is 34.6 Å². The molecule has 0 spiro atoms. The van der Waals surface area contributed by atoms with Crippen LogP contribution in [-0.4, -0.2) is 22.0 Å². The van der Waals surface area contributed by atoms with Crippen LogP contribution in [0.25, 0.3) is 10.9 Å². The minimum Gasteiger partial charge on any atom is -0.314 e. The molecule has 0 saturated heterocycles. The molecule has 0 aliphatic carbocycles. The Hall–Kier alpha value is -1.75. The molecule has 14 heavy (non-hydrogen) atoms. The maximum atomic E-state index is 11.4. The van der Waals surface area contributed by atoms with Crippen LogP contribution < -0.4 is 10.9 Å². The SMILES string of the molecule is CNCc1nccc2c(=O)[nH]cnc12. The Labute approximate surface area is 80.2 Å². The molecule has 2 rings (SSSR count). The van der Waals surface area contributed by atoms with Crippen LogP contribution in [0.5, 0.6) is 0 Å². The molecule has 2 N–H and O–H groups in total. The van der Waals surface area contributed by atoms with E-state index in [9.17, 15) is 4.79 Å². The van der Waals surface area contributed by atoms with E-state index in [0.717, 1.165) is 5.69 Å². The van der Waals surface area contributed by atoms with Crippen molar-refractivity contribution in [2.45, 2.75) is 6.54 Å². The van der Waals surface area contributed by atoms with Gasteiger partial charge >= 0.3 is 0 Å². The summed E-state index contributed by atoms with van der Waals surface area (Å²) in [4.78, 5) is 22.2. The van der Waals surface area contributed by atoms with Gasteiger partial charge in [-0.2, -0.15) is 0 Å². The molecular weight excluding hydrogens is 180 g/mol. The highest BCUT2D eigenvalue weighted by Gasteiger charge is 2.04. The molecule has 0 aliphatic heterocycles. The van der Waals surface area contributed by atoms with E-state index < -0.39 is 0 Å². The molecule has 0 aliphatic rings. The lowest BCUT2D eigenvalue weighted by atomic mass is 10.2. The maximum absolute atomic E-state index is 11.4. The summed E-state index contributed by atoms with van der Waals surface area (Å²) < 4.78 is 0. The summed E-state index contributed by atoms with van der Waals surface area (Å²) in [5.41, 5.74) is 1.32. The van der Waals surface area contributed by atoms with E-state index in [-0.39, 0.29) is 5.56 Å². The number of hydrogen-bond acceptors (Lipinski definition) is 4. The topological polar surface area (TPSA) is 70.7 Å². The maximum Gasteiger partial charge on any atom is 0.258 e. The third-order valence-corrected chi connectivity index (χ3v) is 1.98. The lowest BCUT2D eigenvalue weighted by Gasteiger charge is -2.01. The van der Waals surface area contributed by atoms with Gasteiger partial charge in [0.15, 0.2) is 0 Å². The van der Waals surface area contributed by atoms with Crippen LogP contribution in [-0.2, 0) is 6.54 Å². The zero-order valence-electron chi connectivity index (χ0n) is 7.74. The zero-order chi connectivity index (χ0) is 9.97. The van der Waals surface area contributed by atoms with Crippen molar-refractivity contribution in [3.8, 4) is 0 Å². The highest BCUT2D eigenvalue weighted by Crippen LogP contribution is 2.08. The van der Waals surface area contributed by atoms with Gasteiger partial charge in [0.05, 0.1) is 17.4 Å². The Morgan fingerprint density at radius 3 is 3.14 bits per heavy atom. The molecule has 2 aromatic rings. The van der Waals surface area contributed by atoms with Gasteiger partial charge in [-0.25, -0.2) is 4.98 Å². The van der Waals surface area contributed by atoms with E-state index in [2.05, 4.69) is 20.3 Å². The molecule has 5 heteroatoms. The summed E-state index contributed by atoms with van der Waals surface area (Å²) in [5, 5.41) is 3.56. The molecule has 2 heterocycles. The Morgan fingerprint density at radius 2 is 2.36 bits per heavy atom. The number of aromatic amines is 1. The summed E-state index contributed by atoms with van der Waals surface area (Å²) in [6, 6.07) is 1.67. The van der Waals surface area contributed by atoms with Crippen LogP contribution in [0, 0.1) is 0 Å². The first-order valence-electron chi connectivity index (χ1n) is 4.29. The van der Waals surface area contributed by atoms with Crippen molar-refractivity contribution >= 4 is 10.9 Å². The molecule has 0 amide bonds. The minimum atomic E-state index is -0.130. The lowest BCUT2D eigenvalue weighted by Crippen LogP contribution is -2.12. The van der Waals surface area contributed by atoms with Crippen LogP contribution in [0.2, 0.25) is 0 Å². The molecule has 0 saturated carbocycles. The number of fused-ring (bicyclic) bond motifs is 1. The molecule has 0 bridgehead atoms. The largest absolute Gasteiger partial charge is 0.314 e. The van der Waals surface area contributed by atoms with Gasteiger partial charge in [0.2, 0.25) is 0 Å². The fraction of sp³-hybridized carbons (Fsp3) is 0.222. The number of rotatable bonds is 2. The Kier molecular flexibility index (Phi) is 2.24. The van der Waals surface area contributed by atoms with E-state index in [1.807, 2.05) is 7.05 Å². The normalized spacial score (nSPS) is 10.6. The number of nitrogens with zero attached hydrogens (tertiary/aromatic N) is 2. The van der Waals surface area contributed by atoms with E-state index in [4.69, 9.17) is 0 Å². The highest BCUT2D eigenvalue weighted by atomic mass is 16.1. The van der Waals surface area contributed by atoms with Gasteiger partial charge in [0, 0.05) is 12.7 Å². The third-order valence-electron chi connectivity index (χ3n) is 1.98. The average molecular weight is 190 g/mol. The first-order chi connectivity index (χ1) is 6.83. The van der Waals surface area contributed by atoms with Crippen molar-refractivity contribution in [1.29, 1.82) is 0 Å². The summed E-state index contributed by atoms with van der Waals surface area (Å²) in [5.74, 6) is 0. The molecule has 0 atom stereocenters. The van der Waals surface area contributed by atoms with E-state index in [1.165, 1.54) is 6.33 Å². The lowest BCUT2D eigenvalue weighted by molar-refractivity contribution is 0.796. The second-order valence-electron chi connectivity index (χ2n) is 2.92. The van der Waals surface area contributed by atoms with Crippen LogP contribution in [0.1, 0.15) is 5.69 Å². The summed E-state index contributed by atoms with van der Waals surface area (Å²) in [6.45, 7) is 0.605. The summed E-state index contributed by atoms with van der Waals surface area (Å²) in [6.07, 6.45) is 3.01. The number of H-pyrrole nitrogens is 1. The second kappa shape index (κ2) is 3.55. The van der Waals surface area contributed by atoms with Crippen molar-refractivity contribution in [2.24, 2.45) is 0 Å². The predicted molar refractivity (Wildman–Crippen MR) is 52.9 cm³/mol. The molecule has 0 fully saturated rings. The molecule has 72 valence electrons. The van der Waals surface area contributed by atoms with Gasteiger partial charge in [0.25, 0.3) is 5.56 Å². The summed E-state index contributed by atoms with van der Waals surface area (Å²) >= 11 is 0. The standard InChI is InChI=1S/C9H10N4O/c1-10-4-7-8-6(2-3-11-7)9(14)13-5-12-8/h2-3,5,10H,4H2,1H3,(H,12,13,14). The van der Waals surface area contributed by atoms with Crippen LogP contribution in [0.15, 0.2) is 23.4 Å². The van der Waals surface area contributed by atoms with Crippen molar-refractivity contribution in [3.63, 3.8) is 0 Å². The fourth-order valence-electron chi connectivity index (χ4n) is 1.35. The highest BCUT2D eigenvalue weighted by molar-refractivity contribution is 5.78. The average Bonchev–Trinajstić information content (AvgIpc) is 2.20. The fourth-order valence-corrected chi connectivity index (χ4v) is 1.35. The van der Waals surface area contributed by atoms with Gasteiger partial charge in [-0.15, -0.1) is 0 Å². The summed E-state index contributed by atoms with van der Waals surface area (Å²) in [7, 11) is 1.83. The van der Waals surface area contributed by atoms with Gasteiger partial charge < -0.3 is 10.3 Å². The van der Waals surface area contributed by atoms with Crippen LogP contribution in [0.4, 0.5) is 0 Å². The van der Waals surface area contributed by atoms with Gasteiger partial charge in [-0.1, -0.05) is 0 Å². The first-order valence-corrected chi connectivity index (χ1v) is 4.29. The van der Waals surface area contributed by atoms with Crippen LogP contribution in [0.3, 0.4) is 0 Å². The third kappa shape index (κ3) is 1.38. The number of pyridine rings is 1. The molecule has 0 radical (unpaired) electrons. The number of hydrogen-bond donors (Lipinski definition) is 2. The quantitative estimate of drug-likeness (QED) is 0.701. The van der Waals surface area contributed by atoms with Gasteiger partial charge in [-0.05, 0) is 13.1 Å².